The lowest BCUT2D eigenvalue weighted by atomic mass is 10.2. The van der Waals surface area contributed by atoms with Crippen molar-refractivity contribution in [3.8, 4) is 0 Å². The van der Waals surface area contributed by atoms with Crippen LogP contribution in [0.3, 0.4) is 0 Å². The SMILES string of the molecule is Cc1ccc(Cl)cc1NC(=O)N1CCN(Cc2ccccc2Cl)CC1. The highest BCUT2D eigenvalue weighted by Crippen LogP contribution is 2.21. The van der Waals surface area contributed by atoms with Gasteiger partial charge in [0.25, 0.3) is 0 Å². The quantitative estimate of drug-likeness (QED) is 0.844. The molecule has 0 aliphatic carbocycles. The number of anilines is 1. The number of hydrogen-bond acceptors (Lipinski definition) is 2. The number of nitrogens with one attached hydrogen (secondary N) is 1. The zero-order chi connectivity index (χ0) is 17.8. The molecule has 1 saturated heterocycles. The van der Waals surface area contributed by atoms with Gasteiger partial charge in [0.1, 0.15) is 0 Å². The number of amides is 2. The Kier molecular flexibility index (Phi) is 5.84. The predicted molar refractivity (Wildman–Crippen MR) is 104 cm³/mol. The van der Waals surface area contributed by atoms with Crippen LogP contribution in [0.4, 0.5) is 10.5 Å². The maximum absolute atomic E-state index is 12.5. The molecule has 1 aliphatic rings. The number of benzene rings is 2. The lowest BCUT2D eigenvalue weighted by molar-refractivity contribution is 0.143. The van der Waals surface area contributed by atoms with Gasteiger partial charge in [0, 0.05) is 48.5 Å². The van der Waals surface area contributed by atoms with Crippen molar-refractivity contribution in [1.29, 1.82) is 0 Å². The van der Waals surface area contributed by atoms with Crippen LogP contribution in [-0.2, 0) is 6.54 Å². The van der Waals surface area contributed by atoms with Crippen LogP contribution in [0.1, 0.15) is 11.1 Å². The third kappa shape index (κ3) is 4.66. The van der Waals surface area contributed by atoms with Gasteiger partial charge in [0.15, 0.2) is 0 Å². The van der Waals surface area contributed by atoms with Crippen LogP contribution in [0.2, 0.25) is 10.0 Å². The molecule has 2 aromatic carbocycles. The van der Waals surface area contributed by atoms with Gasteiger partial charge in [-0.2, -0.15) is 0 Å². The minimum atomic E-state index is -0.0808. The molecule has 0 bridgehead atoms. The molecule has 132 valence electrons. The van der Waals surface area contributed by atoms with Gasteiger partial charge < -0.3 is 10.2 Å². The zero-order valence-electron chi connectivity index (χ0n) is 14.1. The molecule has 2 aromatic rings. The Hall–Kier alpha value is -1.75. The molecule has 0 unspecified atom stereocenters. The second-order valence-electron chi connectivity index (χ2n) is 6.24. The second kappa shape index (κ2) is 8.09. The van der Waals surface area contributed by atoms with E-state index < -0.39 is 0 Å². The zero-order valence-corrected chi connectivity index (χ0v) is 15.6. The molecule has 2 amide bonds. The van der Waals surface area contributed by atoms with Crippen molar-refractivity contribution < 1.29 is 4.79 Å². The number of nitrogens with zero attached hydrogens (tertiary/aromatic N) is 2. The molecular formula is C19H21Cl2N3O. The molecule has 1 fully saturated rings. The van der Waals surface area contributed by atoms with Crippen LogP contribution in [0.5, 0.6) is 0 Å². The van der Waals surface area contributed by atoms with Crippen LogP contribution in [0, 0.1) is 6.92 Å². The first-order valence-electron chi connectivity index (χ1n) is 8.31. The molecule has 0 spiro atoms. The summed E-state index contributed by atoms with van der Waals surface area (Å²) in [4.78, 5) is 16.6. The Balaban J connectivity index is 1.54. The number of carbonyl (C=O) groups excluding carboxylic acids is 1. The molecule has 0 saturated carbocycles. The molecule has 0 radical (unpaired) electrons. The number of rotatable bonds is 3. The molecule has 25 heavy (non-hydrogen) atoms. The highest BCUT2D eigenvalue weighted by molar-refractivity contribution is 6.31. The van der Waals surface area contributed by atoms with E-state index in [1.54, 1.807) is 6.07 Å². The Morgan fingerprint density at radius 3 is 2.52 bits per heavy atom. The largest absolute Gasteiger partial charge is 0.322 e. The Bertz CT molecular complexity index is 758. The topological polar surface area (TPSA) is 35.6 Å². The molecule has 6 heteroatoms. The van der Waals surface area contributed by atoms with E-state index in [0.29, 0.717) is 18.1 Å². The minimum Gasteiger partial charge on any atom is -0.322 e. The maximum Gasteiger partial charge on any atom is 0.321 e. The number of aryl methyl sites for hydroxylation is 1. The van der Waals surface area contributed by atoms with E-state index in [1.807, 2.05) is 48.2 Å². The number of hydrogen-bond donors (Lipinski definition) is 1. The van der Waals surface area contributed by atoms with E-state index in [-0.39, 0.29) is 6.03 Å². The number of halogens is 2. The lowest BCUT2D eigenvalue weighted by Crippen LogP contribution is -2.49. The monoisotopic (exact) mass is 377 g/mol. The van der Waals surface area contributed by atoms with Crippen molar-refractivity contribution in [2.45, 2.75) is 13.5 Å². The van der Waals surface area contributed by atoms with Crippen LogP contribution < -0.4 is 5.32 Å². The summed E-state index contributed by atoms with van der Waals surface area (Å²) in [5.74, 6) is 0. The lowest BCUT2D eigenvalue weighted by Gasteiger charge is -2.35. The summed E-state index contributed by atoms with van der Waals surface area (Å²) >= 11 is 12.2. The van der Waals surface area contributed by atoms with E-state index in [1.165, 1.54) is 0 Å². The van der Waals surface area contributed by atoms with E-state index >= 15 is 0 Å². The molecular weight excluding hydrogens is 357 g/mol. The van der Waals surface area contributed by atoms with Crippen molar-refractivity contribution in [2.75, 3.05) is 31.5 Å². The van der Waals surface area contributed by atoms with E-state index in [4.69, 9.17) is 23.2 Å². The van der Waals surface area contributed by atoms with Crippen molar-refractivity contribution in [1.82, 2.24) is 9.80 Å². The summed E-state index contributed by atoms with van der Waals surface area (Å²) in [6.07, 6.45) is 0. The highest BCUT2D eigenvalue weighted by atomic mass is 35.5. The van der Waals surface area contributed by atoms with E-state index in [9.17, 15) is 4.79 Å². The average Bonchev–Trinajstić information content (AvgIpc) is 2.61. The van der Waals surface area contributed by atoms with Crippen molar-refractivity contribution in [3.63, 3.8) is 0 Å². The summed E-state index contributed by atoms with van der Waals surface area (Å²) in [5.41, 5.74) is 2.88. The van der Waals surface area contributed by atoms with Gasteiger partial charge in [-0.1, -0.05) is 47.5 Å². The first-order chi connectivity index (χ1) is 12.0. The molecule has 1 aliphatic heterocycles. The summed E-state index contributed by atoms with van der Waals surface area (Å²) in [6, 6.07) is 13.3. The summed E-state index contributed by atoms with van der Waals surface area (Å²) in [6.45, 7) is 5.79. The van der Waals surface area contributed by atoms with Gasteiger partial charge >= 0.3 is 6.03 Å². The normalized spacial score (nSPS) is 15.2. The van der Waals surface area contributed by atoms with E-state index in [2.05, 4.69) is 10.2 Å². The van der Waals surface area contributed by atoms with Gasteiger partial charge in [-0.15, -0.1) is 0 Å². The predicted octanol–water partition coefficient (Wildman–Crippen LogP) is 4.65. The van der Waals surface area contributed by atoms with E-state index in [0.717, 1.165) is 41.5 Å². The average molecular weight is 378 g/mol. The van der Waals surface area contributed by atoms with Gasteiger partial charge in [-0.3, -0.25) is 4.90 Å². The van der Waals surface area contributed by atoms with Crippen LogP contribution in [0.15, 0.2) is 42.5 Å². The van der Waals surface area contributed by atoms with Crippen LogP contribution >= 0.6 is 23.2 Å². The molecule has 0 atom stereocenters. The first kappa shape index (κ1) is 18.1. The molecule has 1 heterocycles. The second-order valence-corrected chi connectivity index (χ2v) is 7.09. The van der Waals surface area contributed by atoms with Gasteiger partial charge in [-0.25, -0.2) is 4.79 Å². The van der Waals surface area contributed by atoms with Crippen LogP contribution in [-0.4, -0.2) is 42.0 Å². The summed E-state index contributed by atoms with van der Waals surface area (Å²) in [7, 11) is 0. The molecule has 4 nitrogen and oxygen atoms in total. The molecule has 1 N–H and O–H groups in total. The highest BCUT2D eigenvalue weighted by Gasteiger charge is 2.22. The fourth-order valence-corrected chi connectivity index (χ4v) is 3.27. The van der Waals surface area contributed by atoms with Crippen molar-refractivity contribution >= 4 is 34.9 Å². The number of piperazine rings is 1. The Morgan fingerprint density at radius 1 is 1.08 bits per heavy atom. The third-order valence-corrected chi connectivity index (χ3v) is 5.06. The van der Waals surface area contributed by atoms with Crippen LogP contribution in [0.25, 0.3) is 0 Å². The fourth-order valence-electron chi connectivity index (χ4n) is 2.90. The Labute approximate surface area is 158 Å². The maximum atomic E-state index is 12.5. The molecule has 3 rings (SSSR count). The number of carbonyl (C=O) groups is 1. The van der Waals surface area contributed by atoms with Gasteiger partial charge in [0.2, 0.25) is 0 Å². The smallest absolute Gasteiger partial charge is 0.321 e. The fraction of sp³-hybridized carbons (Fsp3) is 0.316. The minimum absolute atomic E-state index is 0.0808. The Morgan fingerprint density at radius 2 is 1.80 bits per heavy atom. The van der Waals surface area contributed by atoms with Gasteiger partial charge in [-0.05, 0) is 36.2 Å². The van der Waals surface area contributed by atoms with Crippen molar-refractivity contribution in [3.05, 3.63) is 63.6 Å². The first-order valence-corrected chi connectivity index (χ1v) is 9.06. The standard InChI is InChI=1S/C19H21Cl2N3O/c1-14-6-7-16(20)12-18(14)22-19(25)24-10-8-23(9-11-24)13-15-4-2-3-5-17(15)21/h2-7,12H,8-11,13H2,1H3,(H,22,25). The summed E-state index contributed by atoms with van der Waals surface area (Å²) < 4.78 is 0. The molecule has 0 aromatic heterocycles. The van der Waals surface area contributed by atoms with Gasteiger partial charge in [0.05, 0.1) is 0 Å². The summed E-state index contributed by atoms with van der Waals surface area (Å²) in [5, 5.41) is 4.36. The van der Waals surface area contributed by atoms with Crippen molar-refractivity contribution in [2.24, 2.45) is 0 Å². The number of urea groups is 1. The third-order valence-electron chi connectivity index (χ3n) is 4.45.